The summed E-state index contributed by atoms with van der Waals surface area (Å²) in [6, 6.07) is 19.6. The predicted molar refractivity (Wildman–Crippen MR) is 107 cm³/mol. The Kier molecular flexibility index (Phi) is 5.29. The van der Waals surface area contributed by atoms with Crippen LogP contribution in [-0.4, -0.2) is 32.0 Å². The lowest BCUT2D eigenvalue weighted by atomic mass is 10.1. The molecule has 140 valence electrons. The molecule has 2 aromatic carbocycles. The molecule has 0 saturated carbocycles. The molecule has 0 aliphatic carbocycles. The maximum absolute atomic E-state index is 12.3. The molecule has 0 fully saturated rings. The summed E-state index contributed by atoms with van der Waals surface area (Å²) in [4.78, 5) is 12.3. The zero-order valence-electron chi connectivity index (χ0n) is 15.4. The average molecular weight is 371 g/mol. The molecule has 1 N–H and O–H groups in total. The van der Waals surface area contributed by atoms with E-state index < -0.39 is 0 Å². The van der Waals surface area contributed by atoms with E-state index in [4.69, 9.17) is 0 Å². The number of rotatable bonds is 7. The summed E-state index contributed by atoms with van der Waals surface area (Å²) in [6.07, 6.45) is 8.13. The van der Waals surface area contributed by atoms with Crippen LogP contribution in [0.2, 0.25) is 0 Å². The SMILES string of the molecule is O=C(NCCc1ccc(-n2cccn2)cc1)c1ccc(Cn2cccn2)cc1. The molecular weight excluding hydrogens is 350 g/mol. The lowest BCUT2D eigenvalue weighted by molar-refractivity contribution is 0.0954. The Balaban J connectivity index is 1.27. The third-order valence-corrected chi connectivity index (χ3v) is 4.52. The Morgan fingerprint density at radius 3 is 2.25 bits per heavy atom. The second kappa shape index (κ2) is 8.35. The van der Waals surface area contributed by atoms with Gasteiger partial charge in [-0.25, -0.2) is 4.68 Å². The van der Waals surface area contributed by atoms with Gasteiger partial charge in [0.1, 0.15) is 0 Å². The number of carbonyl (C=O) groups excluding carboxylic acids is 1. The number of aromatic nitrogens is 4. The largest absolute Gasteiger partial charge is 0.352 e. The van der Waals surface area contributed by atoms with Crippen molar-refractivity contribution in [3.63, 3.8) is 0 Å². The Morgan fingerprint density at radius 1 is 0.857 bits per heavy atom. The molecule has 0 spiro atoms. The maximum Gasteiger partial charge on any atom is 0.251 e. The Hall–Kier alpha value is -3.67. The minimum atomic E-state index is -0.0567. The van der Waals surface area contributed by atoms with Crippen molar-refractivity contribution in [1.82, 2.24) is 24.9 Å². The lowest BCUT2D eigenvalue weighted by Crippen LogP contribution is -2.25. The highest BCUT2D eigenvalue weighted by molar-refractivity contribution is 5.94. The molecule has 0 radical (unpaired) electrons. The van der Waals surface area contributed by atoms with Crippen LogP contribution in [0, 0.1) is 0 Å². The van der Waals surface area contributed by atoms with Gasteiger partial charge in [-0.3, -0.25) is 9.48 Å². The zero-order chi connectivity index (χ0) is 19.2. The van der Waals surface area contributed by atoms with Gasteiger partial charge in [-0.15, -0.1) is 0 Å². The smallest absolute Gasteiger partial charge is 0.251 e. The van der Waals surface area contributed by atoms with E-state index in [0.717, 1.165) is 17.7 Å². The topological polar surface area (TPSA) is 64.7 Å². The first-order valence-corrected chi connectivity index (χ1v) is 9.21. The van der Waals surface area contributed by atoms with Gasteiger partial charge >= 0.3 is 0 Å². The highest BCUT2D eigenvalue weighted by Gasteiger charge is 2.05. The molecule has 0 aliphatic heterocycles. The van der Waals surface area contributed by atoms with Crippen molar-refractivity contribution in [3.8, 4) is 5.69 Å². The number of benzene rings is 2. The molecule has 4 rings (SSSR count). The monoisotopic (exact) mass is 371 g/mol. The van der Waals surface area contributed by atoms with E-state index >= 15 is 0 Å². The van der Waals surface area contributed by atoms with E-state index in [1.54, 1.807) is 12.4 Å². The van der Waals surface area contributed by atoms with Gasteiger partial charge in [0.25, 0.3) is 5.91 Å². The third kappa shape index (κ3) is 4.35. The number of carbonyl (C=O) groups is 1. The molecule has 0 bridgehead atoms. The molecule has 4 aromatic rings. The van der Waals surface area contributed by atoms with Gasteiger partial charge in [0.05, 0.1) is 12.2 Å². The van der Waals surface area contributed by atoms with Gasteiger partial charge in [-0.2, -0.15) is 10.2 Å². The molecular formula is C22H21N5O. The Morgan fingerprint density at radius 2 is 1.57 bits per heavy atom. The molecule has 6 nitrogen and oxygen atoms in total. The van der Waals surface area contributed by atoms with Crippen LogP contribution in [0.15, 0.2) is 85.5 Å². The van der Waals surface area contributed by atoms with Crippen molar-refractivity contribution in [2.45, 2.75) is 13.0 Å². The van der Waals surface area contributed by atoms with Crippen molar-refractivity contribution in [1.29, 1.82) is 0 Å². The predicted octanol–water partition coefficient (Wildman–Crippen LogP) is 3.09. The van der Waals surface area contributed by atoms with Crippen LogP contribution >= 0.6 is 0 Å². The summed E-state index contributed by atoms with van der Waals surface area (Å²) >= 11 is 0. The summed E-state index contributed by atoms with van der Waals surface area (Å²) in [6.45, 7) is 1.29. The fraction of sp³-hybridized carbons (Fsp3) is 0.136. The zero-order valence-corrected chi connectivity index (χ0v) is 15.4. The van der Waals surface area contributed by atoms with Crippen molar-refractivity contribution in [2.75, 3.05) is 6.54 Å². The fourth-order valence-electron chi connectivity index (χ4n) is 3.00. The first kappa shape index (κ1) is 17.7. The van der Waals surface area contributed by atoms with Gasteiger partial charge < -0.3 is 5.32 Å². The van der Waals surface area contributed by atoms with Gasteiger partial charge in [-0.1, -0.05) is 24.3 Å². The fourth-order valence-corrected chi connectivity index (χ4v) is 3.00. The highest BCUT2D eigenvalue weighted by atomic mass is 16.1. The van der Waals surface area contributed by atoms with Crippen LogP contribution in [0.5, 0.6) is 0 Å². The van der Waals surface area contributed by atoms with Crippen LogP contribution in [0.1, 0.15) is 21.5 Å². The second-order valence-corrected chi connectivity index (χ2v) is 6.52. The van der Waals surface area contributed by atoms with E-state index in [-0.39, 0.29) is 5.91 Å². The molecule has 0 saturated heterocycles. The number of nitrogens with zero attached hydrogens (tertiary/aromatic N) is 4. The number of hydrogen-bond acceptors (Lipinski definition) is 3. The number of hydrogen-bond donors (Lipinski definition) is 1. The molecule has 2 aromatic heterocycles. The van der Waals surface area contributed by atoms with Crippen LogP contribution in [0.4, 0.5) is 0 Å². The lowest BCUT2D eigenvalue weighted by Gasteiger charge is -2.08. The van der Waals surface area contributed by atoms with Crippen molar-refractivity contribution < 1.29 is 4.79 Å². The van der Waals surface area contributed by atoms with E-state index in [9.17, 15) is 4.79 Å². The first-order chi connectivity index (χ1) is 13.8. The van der Waals surface area contributed by atoms with Gasteiger partial charge in [0.15, 0.2) is 0 Å². The summed E-state index contributed by atoms with van der Waals surface area (Å²) < 4.78 is 3.67. The standard InChI is InChI=1S/C22H21N5O/c28-22(20-7-3-19(4-8-20)17-26-15-1-12-24-26)23-14-11-18-5-9-21(10-6-18)27-16-2-13-25-27/h1-10,12-13,15-16H,11,14,17H2,(H,23,28). The molecule has 1 amide bonds. The van der Waals surface area contributed by atoms with Crippen LogP contribution in [0.3, 0.4) is 0 Å². The quantitative estimate of drug-likeness (QED) is 0.543. The minimum Gasteiger partial charge on any atom is -0.352 e. The number of amides is 1. The molecule has 0 atom stereocenters. The summed E-state index contributed by atoms with van der Waals surface area (Å²) in [7, 11) is 0. The molecule has 0 aliphatic rings. The summed E-state index contributed by atoms with van der Waals surface area (Å²) in [5.41, 5.74) is 3.97. The highest BCUT2D eigenvalue weighted by Crippen LogP contribution is 2.09. The normalized spacial score (nSPS) is 10.7. The maximum atomic E-state index is 12.3. The Labute approximate surface area is 163 Å². The van der Waals surface area contributed by atoms with Crippen molar-refractivity contribution in [2.24, 2.45) is 0 Å². The molecule has 2 heterocycles. The number of nitrogens with one attached hydrogen (secondary N) is 1. The van der Waals surface area contributed by atoms with Gasteiger partial charge in [0, 0.05) is 36.9 Å². The van der Waals surface area contributed by atoms with E-state index in [2.05, 4.69) is 27.6 Å². The van der Waals surface area contributed by atoms with Crippen LogP contribution < -0.4 is 5.32 Å². The van der Waals surface area contributed by atoms with Crippen molar-refractivity contribution >= 4 is 5.91 Å². The van der Waals surface area contributed by atoms with Gasteiger partial charge in [-0.05, 0) is 53.9 Å². The first-order valence-electron chi connectivity index (χ1n) is 9.21. The van der Waals surface area contributed by atoms with Crippen LogP contribution in [0.25, 0.3) is 5.69 Å². The summed E-state index contributed by atoms with van der Waals surface area (Å²) in [5, 5.41) is 11.4. The molecule has 0 unspecified atom stereocenters. The minimum absolute atomic E-state index is 0.0567. The van der Waals surface area contributed by atoms with Crippen molar-refractivity contribution in [3.05, 3.63) is 102 Å². The van der Waals surface area contributed by atoms with E-state index in [1.807, 2.05) is 70.3 Å². The summed E-state index contributed by atoms with van der Waals surface area (Å²) in [5.74, 6) is -0.0567. The van der Waals surface area contributed by atoms with E-state index in [0.29, 0.717) is 18.7 Å². The third-order valence-electron chi connectivity index (χ3n) is 4.52. The average Bonchev–Trinajstić information content (AvgIpc) is 3.43. The molecule has 6 heteroatoms. The van der Waals surface area contributed by atoms with Gasteiger partial charge in [0.2, 0.25) is 0 Å². The Bertz CT molecular complexity index is 1000. The van der Waals surface area contributed by atoms with E-state index in [1.165, 1.54) is 5.56 Å². The van der Waals surface area contributed by atoms with Crippen LogP contribution in [-0.2, 0) is 13.0 Å². The molecule has 28 heavy (non-hydrogen) atoms. The second-order valence-electron chi connectivity index (χ2n) is 6.52.